The van der Waals surface area contributed by atoms with Crippen molar-refractivity contribution in [2.24, 2.45) is 0 Å². The van der Waals surface area contributed by atoms with Crippen LogP contribution in [0.4, 0.5) is 0 Å². The monoisotopic (exact) mass is 398 g/mol. The molecule has 4 rings (SSSR count). The Kier molecular flexibility index (Phi) is 5.11. The number of hydrogen-bond acceptors (Lipinski definition) is 5. The second kappa shape index (κ2) is 7.70. The van der Waals surface area contributed by atoms with Crippen molar-refractivity contribution in [3.05, 3.63) is 69.5 Å². The molecule has 0 radical (unpaired) electrons. The minimum absolute atomic E-state index is 0.159. The van der Waals surface area contributed by atoms with Gasteiger partial charge in [-0.05, 0) is 50.3 Å². The largest absolute Gasteiger partial charge is 0.489 e. The summed E-state index contributed by atoms with van der Waals surface area (Å²) in [5, 5.41) is 0.539. The van der Waals surface area contributed by atoms with Crippen molar-refractivity contribution in [1.82, 2.24) is 0 Å². The fraction of sp³-hybridized carbons (Fsp3) is 0.227. The SMILES string of the molecule is CC(C)=CCOc1ccc2c(c1)O/C(=C\c1cc(Cl)cc3c1OCOC3)C2=O. The number of halogens is 1. The summed E-state index contributed by atoms with van der Waals surface area (Å²) in [6.07, 6.45) is 3.64. The number of fused-ring (bicyclic) bond motifs is 2. The van der Waals surface area contributed by atoms with E-state index >= 15 is 0 Å². The van der Waals surface area contributed by atoms with Crippen LogP contribution in [0.5, 0.6) is 17.2 Å². The van der Waals surface area contributed by atoms with E-state index in [0.29, 0.717) is 46.6 Å². The highest BCUT2D eigenvalue weighted by Gasteiger charge is 2.28. The normalized spacial score (nSPS) is 16.1. The lowest BCUT2D eigenvalue weighted by molar-refractivity contribution is -0.0165. The van der Waals surface area contributed by atoms with E-state index in [2.05, 4.69) is 0 Å². The summed E-state index contributed by atoms with van der Waals surface area (Å²) in [5.74, 6) is 1.81. The number of ketones is 1. The molecule has 6 heteroatoms. The van der Waals surface area contributed by atoms with Gasteiger partial charge in [-0.25, -0.2) is 0 Å². The van der Waals surface area contributed by atoms with Crippen molar-refractivity contribution in [3.8, 4) is 17.2 Å². The van der Waals surface area contributed by atoms with Crippen molar-refractivity contribution in [2.75, 3.05) is 13.4 Å². The van der Waals surface area contributed by atoms with Crippen molar-refractivity contribution >= 4 is 23.5 Å². The summed E-state index contributed by atoms with van der Waals surface area (Å²) < 4.78 is 22.4. The van der Waals surface area contributed by atoms with E-state index in [9.17, 15) is 4.79 Å². The zero-order valence-electron chi connectivity index (χ0n) is 15.6. The number of hydrogen-bond donors (Lipinski definition) is 0. The van der Waals surface area contributed by atoms with Crippen molar-refractivity contribution in [2.45, 2.75) is 20.5 Å². The third-order valence-corrected chi connectivity index (χ3v) is 4.59. The number of rotatable bonds is 4. The zero-order chi connectivity index (χ0) is 19.7. The Balaban J connectivity index is 1.61. The molecule has 0 bridgehead atoms. The average molecular weight is 399 g/mol. The molecular formula is C22H19ClO5. The summed E-state index contributed by atoms with van der Waals surface area (Å²) in [4.78, 5) is 12.7. The van der Waals surface area contributed by atoms with Gasteiger partial charge in [-0.3, -0.25) is 4.79 Å². The molecule has 2 aromatic rings. The topological polar surface area (TPSA) is 54.0 Å². The van der Waals surface area contributed by atoms with E-state index in [1.165, 1.54) is 5.57 Å². The van der Waals surface area contributed by atoms with E-state index in [1.807, 2.05) is 19.9 Å². The number of Topliss-reactive ketones (excluding diaryl/α,β-unsaturated/α-hetero) is 1. The molecule has 0 aromatic heterocycles. The first-order chi connectivity index (χ1) is 13.5. The van der Waals surface area contributed by atoms with Gasteiger partial charge in [0.1, 0.15) is 23.9 Å². The average Bonchev–Trinajstić information content (AvgIpc) is 2.96. The van der Waals surface area contributed by atoms with Crippen LogP contribution in [0, 0.1) is 0 Å². The molecule has 0 fully saturated rings. The third kappa shape index (κ3) is 3.77. The van der Waals surface area contributed by atoms with Crippen LogP contribution in [0.3, 0.4) is 0 Å². The highest BCUT2D eigenvalue weighted by atomic mass is 35.5. The molecule has 0 saturated carbocycles. The van der Waals surface area contributed by atoms with Crippen LogP contribution in [0.1, 0.15) is 35.3 Å². The van der Waals surface area contributed by atoms with E-state index < -0.39 is 0 Å². The molecule has 28 heavy (non-hydrogen) atoms. The lowest BCUT2D eigenvalue weighted by Gasteiger charge is -2.20. The molecule has 5 nitrogen and oxygen atoms in total. The maximum Gasteiger partial charge on any atom is 0.231 e. The minimum Gasteiger partial charge on any atom is -0.489 e. The molecule has 0 amide bonds. The first kappa shape index (κ1) is 18.6. The van der Waals surface area contributed by atoms with Gasteiger partial charge < -0.3 is 18.9 Å². The minimum atomic E-state index is -0.188. The number of benzene rings is 2. The lowest BCUT2D eigenvalue weighted by atomic mass is 10.1. The third-order valence-electron chi connectivity index (χ3n) is 4.37. The molecule has 2 aromatic carbocycles. The second-order valence-corrected chi connectivity index (χ2v) is 7.22. The highest BCUT2D eigenvalue weighted by Crippen LogP contribution is 2.38. The molecule has 0 atom stereocenters. The van der Waals surface area contributed by atoms with Crippen LogP contribution in [0.2, 0.25) is 5.02 Å². The van der Waals surface area contributed by atoms with Crippen LogP contribution in [-0.2, 0) is 11.3 Å². The van der Waals surface area contributed by atoms with Gasteiger partial charge in [-0.15, -0.1) is 0 Å². The van der Waals surface area contributed by atoms with Gasteiger partial charge in [0.25, 0.3) is 0 Å². The fourth-order valence-corrected chi connectivity index (χ4v) is 3.27. The summed E-state index contributed by atoms with van der Waals surface area (Å²) in [5.41, 5.74) is 3.20. The Hall–Kier alpha value is -2.76. The van der Waals surface area contributed by atoms with Gasteiger partial charge in [-0.1, -0.05) is 17.2 Å². The van der Waals surface area contributed by atoms with Crippen molar-refractivity contribution < 1.29 is 23.7 Å². The molecule has 0 spiro atoms. The first-order valence-electron chi connectivity index (χ1n) is 8.88. The maximum atomic E-state index is 12.7. The summed E-state index contributed by atoms with van der Waals surface area (Å²) >= 11 is 6.20. The van der Waals surface area contributed by atoms with Gasteiger partial charge in [0.2, 0.25) is 5.78 Å². The van der Waals surface area contributed by atoms with Crippen molar-refractivity contribution in [3.63, 3.8) is 0 Å². The predicted octanol–water partition coefficient (Wildman–Crippen LogP) is 5.17. The van der Waals surface area contributed by atoms with Gasteiger partial charge >= 0.3 is 0 Å². The number of carbonyl (C=O) groups excluding carboxylic acids is 1. The van der Waals surface area contributed by atoms with Crippen LogP contribution < -0.4 is 14.2 Å². The van der Waals surface area contributed by atoms with Crippen LogP contribution >= 0.6 is 11.6 Å². The Morgan fingerprint density at radius 1 is 1.25 bits per heavy atom. The maximum absolute atomic E-state index is 12.7. The molecule has 0 aliphatic carbocycles. The van der Waals surface area contributed by atoms with Gasteiger partial charge in [0, 0.05) is 22.2 Å². The predicted molar refractivity (Wildman–Crippen MR) is 106 cm³/mol. The van der Waals surface area contributed by atoms with E-state index in [-0.39, 0.29) is 18.3 Å². The fourth-order valence-electron chi connectivity index (χ4n) is 3.02. The Morgan fingerprint density at radius 2 is 2.11 bits per heavy atom. The van der Waals surface area contributed by atoms with Crippen LogP contribution in [0.15, 0.2) is 47.7 Å². The number of carbonyl (C=O) groups is 1. The molecular weight excluding hydrogens is 380 g/mol. The molecule has 144 valence electrons. The van der Waals surface area contributed by atoms with Crippen LogP contribution in [0.25, 0.3) is 6.08 Å². The summed E-state index contributed by atoms with van der Waals surface area (Å²) in [7, 11) is 0. The standard InChI is InChI=1S/C22H19ClO5/c1-13(2)5-6-26-17-3-4-18-19(10-17)28-20(21(18)24)9-14-7-16(23)8-15-11-25-12-27-22(14)15/h3-5,7-10H,6,11-12H2,1-2H3/b20-9-. The van der Waals surface area contributed by atoms with Gasteiger partial charge in [0.05, 0.1) is 12.2 Å². The molecule has 0 unspecified atom stereocenters. The first-order valence-corrected chi connectivity index (χ1v) is 9.26. The lowest BCUT2D eigenvalue weighted by Crippen LogP contribution is -2.12. The Morgan fingerprint density at radius 3 is 2.93 bits per heavy atom. The van der Waals surface area contributed by atoms with Gasteiger partial charge in [0.15, 0.2) is 12.6 Å². The summed E-state index contributed by atoms with van der Waals surface area (Å²) in [6.45, 7) is 5.05. The quantitative estimate of drug-likeness (QED) is 0.525. The van der Waals surface area contributed by atoms with Crippen molar-refractivity contribution in [1.29, 1.82) is 0 Å². The molecule has 0 saturated heterocycles. The zero-order valence-corrected chi connectivity index (χ0v) is 16.3. The summed E-state index contributed by atoms with van der Waals surface area (Å²) in [6, 6.07) is 8.74. The van der Waals surface area contributed by atoms with E-state index in [0.717, 1.165) is 5.56 Å². The number of allylic oxidation sites excluding steroid dienone is 2. The van der Waals surface area contributed by atoms with E-state index in [4.69, 9.17) is 30.5 Å². The second-order valence-electron chi connectivity index (χ2n) is 6.78. The smallest absolute Gasteiger partial charge is 0.231 e. The van der Waals surface area contributed by atoms with Gasteiger partial charge in [-0.2, -0.15) is 0 Å². The molecule has 2 aliphatic rings. The highest BCUT2D eigenvalue weighted by molar-refractivity contribution is 6.31. The Bertz CT molecular complexity index is 1000. The molecule has 0 N–H and O–H groups in total. The van der Waals surface area contributed by atoms with E-state index in [1.54, 1.807) is 36.4 Å². The van der Waals surface area contributed by atoms with Crippen LogP contribution in [-0.4, -0.2) is 19.2 Å². The molecule has 2 aliphatic heterocycles. The molecule has 2 heterocycles. The Labute approximate surface area is 168 Å². The number of ether oxygens (including phenoxy) is 4.